The maximum atomic E-state index is 12.6. The molecule has 2 aromatic rings. The summed E-state index contributed by atoms with van der Waals surface area (Å²) in [6.07, 6.45) is -0.599. The van der Waals surface area contributed by atoms with Crippen molar-refractivity contribution in [1.29, 1.82) is 0 Å². The number of carbonyl (C=O) groups is 2. The van der Waals surface area contributed by atoms with Crippen LogP contribution in [0.3, 0.4) is 0 Å². The maximum Gasteiger partial charge on any atom is 0.267 e. The standard InChI is InChI=1S/C19H21N3O3/c1-12-10-13(18(23)20-2)8-9-14(12)21-19(24)17-11-22(3)15-6-4-5-7-16(15)25-17/h4-10,17H,11H2,1-3H3,(H,20,23)(H,21,24). The van der Waals surface area contributed by atoms with Crippen LogP contribution >= 0.6 is 0 Å². The van der Waals surface area contributed by atoms with E-state index in [2.05, 4.69) is 10.6 Å². The molecule has 0 aliphatic carbocycles. The van der Waals surface area contributed by atoms with Crippen LogP contribution in [0.4, 0.5) is 11.4 Å². The Balaban J connectivity index is 1.74. The van der Waals surface area contributed by atoms with Gasteiger partial charge in [-0.2, -0.15) is 0 Å². The lowest BCUT2D eigenvalue weighted by molar-refractivity contribution is -0.122. The minimum Gasteiger partial charge on any atom is -0.477 e. The van der Waals surface area contributed by atoms with Gasteiger partial charge in [0, 0.05) is 25.3 Å². The highest BCUT2D eigenvalue weighted by Crippen LogP contribution is 2.32. The Morgan fingerprint density at radius 1 is 1.20 bits per heavy atom. The number of anilines is 2. The van der Waals surface area contributed by atoms with Gasteiger partial charge in [-0.25, -0.2) is 0 Å². The molecule has 2 amide bonds. The van der Waals surface area contributed by atoms with E-state index < -0.39 is 6.10 Å². The third-order valence-electron chi connectivity index (χ3n) is 4.25. The summed E-state index contributed by atoms with van der Waals surface area (Å²) in [5, 5.41) is 5.48. The highest BCUT2D eigenvalue weighted by Gasteiger charge is 2.29. The number of likely N-dealkylation sites (N-methyl/N-ethyl adjacent to an activating group) is 1. The summed E-state index contributed by atoms with van der Waals surface area (Å²) >= 11 is 0. The molecule has 25 heavy (non-hydrogen) atoms. The maximum absolute atomic E-state index is 12.6. The molecular formula is C19H21N3O3. The summed E-state index contributed by atoms with van der Waals surface area (Å²) in [4.78, 5) is 26.3. The normalized spacial score (nSPS) is 15.8. The first-order chi connectivity index (χ1) is 12.0. The molecule has 0 fully saturated rings. The molecule has 0 radical (unpaired) electrons. The number of nitrogens with one attached hydrogen (secondary N) is 2. The Morgan fingerprint density at radius 3 is 2.68 bits per heavy atom. The van der Waals surface area contributed by atoms with Gasteiger partial charge in [-0.05, 0) is 42.8 Å². The lowest BCUT2D eigenvalue weighted by Gasteiger charge is -2.33. The van der Waals surface area contributed by atoms with E-state index in [4.69, 9.17) is 4.74 Å². The minimum atomic E-state index is -0.599. The zero-order valence-electron chi connectivity index (χ0n) is 14.5. The third-order valence-corrected chi connectivity index (χ3v) is 4.25. The van der Waals surface area contributed by atoms with Gasteiger partial charge >= 0.3 is 0 Å². The molecule has 0 aromatic heterocycles. The molecule has 1 unspecified atom stereocenters. The van der Waals surface area contributed by atoms with Crippen LogP contribution in [0.2, 0.25) is 0 Å². The van der Waals surface area contributed by atoms with Crippen molar-refractivity contribution in [3.8, 4) is 5.75 Å². The fourth-order valence-corrected chi connectivity index (χ4v) is 2.85. The second-order valence-electron chi connectivity index (χ2n) is 6.05. The van der Waals surface area contributed by atoms with Gasteiger partial charge in [0.1, 0.15) is 5.75 Å². The number of benzene rings is 2. The molecule has 1 heterocycles. The van der Waals surface area contributed by atoms with Crippen LogP contribution in [-0.4, -0.2) is 38.6 Å². The molecule has 0 spiro atoms. The number of rotatable bonds is 3. The topological polar surface area (TPSA) is 70.7 Å². The number of para-hydroxylation sites is 2. The van der Waals surface area contributed by atoms with E-state index in [1.165, 1.54) is 0 Å². The molecule has 0 saturated heterocycles. The predicted octanol–water partition coefficient (Wildman–Crippen LogP) is 2.19. The molecule has 2 N–H and O–H groups in total. The van der Waals surface area contributed by atoms with Crippen molar-refractivity contribution in [2.45, 2.75) is 13.0 Å². The van der Waals surface area contributed by atoms with Crippen molar-refractivity contribution in [3.63, 3.8) is 0 Å². The number of amides is 2. The predicted molar refractivity (Wildman–Crippen MR) is 97.3 cm³/mol. The van der Waals surface area contributed by atoms with Gasteiger partial charge in [-0.15, -0.1) is 0 Å². The van der Waals surface area contributed by atoms with Crippen molar-refractivity contribution in [1.82, 2.24) is 5.32 Å². The second kappa shape index (κ2) is 6.84. The zero-order chi connectivity index (χ0) is 18.0. The number of hydrogen-bond donors (Lipinski definition) is 2. The number of hydrogen-bond acceptors (Lipinski definition) is 4. The van der Waals surface area contributed by atoms with E-state index in [0.29, 0.717) is 23.5 Å². The van der Waals surface area contributed by atoms with E-state index >= 15 is 0 Å². The lowest BCUT2D eigenvalue weighted by atomic mass is 10.1. The molecule has 1 aliphatic heterocycles. The van der Waals surface area contributed by atoms with Crippen LogP contribution in [0.5, 0.6) is 5.75 Å². The van der Waals surface area contributed by atoms with Crippen LogP contribution in [0.15, 0.2) is 42.5 Å². The monoisotopic (exact) mass is 339 g/mol. The van der Waals surface area contributed by atoms with Crippen molar-refractivity contribution in [3.05, 3.63) is 53.6 Å². The van der Waals surface area contributed by atoms with Crippen LogP contribution in [-0.2, 0) is 4.79 Å². The Labute approximate surface area is 146 Å². The number of ether oxygens (including phenoxy) is 1. The Morgan fingerprint density at radius 2 is 1.96 bits per heavy atom. The quantitative estimate of drug-likeness (QED) is 0.899. The molecule has 6 nitrogen and oxygen atoms in total. The lowest BCUT2D eigenvalue weighted by Crippen LogP contribution is -2.45. The molecule has 1 atom stereocenters. The number of fused-ring (bicyclic) bond motifs is 1. The first kappa shape index (κ1) is 16.8. The SMILES string of the molecule is CNC(=O)c1ccc(NC(=O)C2CN(C)c3ccccc3O2)c(C)c1. The first-order valence-corrected chi connectivity index (χ1v) is 8.10. The fraction of sp³-hybridized carbons (Fsp3) is 0.263. The van der Waals surface area contributed by atoms with Gasteiger partial charge in [-0.1, -0.05) is 12.1 Å². The smallest absolute Gasteiger partial charge is 0.267 e. The highest BCUT2D eigenvalue weighted by atomic mass is 16.5. The van der Waals surface area contributed by atoms with E-state index in [0.717, 1.165) is 11.3 Å². The average Bonchev–Trinajstić information content (AvgIpc) is 2.62. The van der Waals surface area contributed by atoms with Gasteiger partial charge in [0.05, 0.1) is 12.2 Å². The summed E-state index contributed by atoms with van der Waals surface area (Å²) in [6.45, 7) is 2.32. The van der Waals surface area contributed by atoms with Crippen molar-refractivity contribution in [2.75, 3.05) is 30.9 Å². The van der Waals surface area contributed by atoms with Gasteiger partial charge in [0.25, 0.3) is 11.8 Å². The minimum absolute atomic E-state index is 0.158. The Bertz CT molecular complexity index is 819. The van der Waals surface area contributed by atoms with E-state index in [1.807, 2.05) is 43.1 Å². The summed E-state index contributed by atoms with van der Waals surface area (Å²) < 4.78 is 5.84. The van der Waals surface area contributed by atoms with Crippen molar-refractivity contribution in [2.24, 2.45) is 0 Å². The van der Waals surface area contributed by atoms with Gasteiger partial charge in [-0.3, -0.25) is 9.59 Å². The zero-order valence-corrected chi connectivity index (χ0v) is 14.5. The van der Waals surface area contributed by atoms with Gasteiger partial charge in [0.15, 0.2) is 6.10 Å². The molecule has 3 rings (SSSR count). The van der Waals surface area contributed by atoms with Crippen LogP contribution in [0.25, 0.3) is 0 Å². The summed E-state index contributed by atoms with van der Waals surface area (Å²) in [6, 6.07) is 12.8. The van der Waals surface area contributed by atoms with E-state index in [1.54, 1.807) is 25.2 Å². The van der Waals surface area contributed by atoms with E-state index in [-0.39, 0.29) is 11.8 Å². The Hall–Kier alpha value is -3.02. The molecule has 6 heteroatoms. The van der Waals surface area contributed by atoms with Crippen LogP contribution in [0, 0.1) is 6.92 Å². The van der Waals surface area contributed by atoms with Crippen LogP contribution < -0.4 is 20.3 Å². The molecule has 0 saturated carbocycles. The first-order valence-electron chi connectivity index (χ1n) is 8.10. The molecular weight excluding hydrogens is 318 g/mol. The highest BCUT2D eigenvalue weighted by molar-refractivity contribution is 5.98. The molecule has 2 aromatic carbocycles. The molecule has 130 valence electrons. The average molecular weight is 339 g/mol. The third kappa shape index (κ3) is 3.42. The number of aryl methyl sites for hydroxylation is 1. The number of nitrogens with zero attached hydrogens (tertiary/aromatic N) is 1. The molecule has 0 bridgehead atoms. The van der Waals surface area contributed by atoms with Gasteiger partial charge < -0.3 is 20.3 Å². The summed E-state index contributed by atoms with van der Waals surface area (Å²) in [7, 11) is 3.52. The Kier molecular flexibility index (Phi) is 4.61. The largest absolute Gasteiger partial charge is 0.477 e. The molecule has 1 aliphatic rings. The number of carbonyl (C=O) groups excluding carboxylic acids is 2. The van der Waals surface area contributed by atoms with Crippen LogP contribution in [0.1, 0.15) is 15.9 Å². The second-order valence-corrected chi connectivity index (χ2v) is 6.05. The van der Waals surface area contributed by atoms with Crippen molar-refractivity contribution < 1.29 is 14.3 Å². The summed E-state index contributed by atoms with van der Waals surface area (Å²) in [5.41, 5.74) is 3.01. The van der Waals surface area contributed by atoms with Crippen molar-refractivity contribution >= 4 is 23.2 Å². The summed E-state index contributed by atoms with van der Waals surface area (Å²) in [5.74, 6) is 0.329. The fourth-order valence-electron chi connectivity index (χ4n) is 2.85. The van der Waals surface area contributed by atoms with Gasteiger partial charge in [0.2, 0.25) is 0 Å². The van der Waals surface area contributed by atoms with E-state index in [9.17, 15) is 9.59 Å².